The zero-order valence-corrected chi connectivity index (χ0v) is 82.3. The average molecular weight is 1560 g/mol. The molecule has 650 valence electrons. The standard InChI is InChI=1S/C11H16.C10H20.C10H14.C8H12O.C7H14O2.C7H16O.C7H16.C6H12O.C6H14.C5H9N.2C5H12.2C4H10.3CO2/c1-11(2,3)9-10-7-5-4-6-8-10;2*1-10(2,3)9-7-5-4-6-8-9;1-8(2,3)7-5-4-6-9-7;1-6(8)9-5-7(2,3)4;1-7(2,3)5-6-8-4;1-6(2)7(3,4)5;1-5(7)6(2,3)4;1-5-6(2,3)4;1-5(2,3)6-4;2*1-5(2,3)4;2*1-4(2)3;3*2-1-3/h4-8H,9H2,1-3H3;9H,4-8H2,1-3H3;4-8H,1-3H3;4-6H,1-3H3;5H2,1-4H3;5-6H2,1-4H3;6H,1-5H3;1-4H3;5H2,1-4H3;1-3H3;2*1-4H3;2*4H,1-3H3;;;. The fourth-order valence-electron chi connectivity index (χ4n) is 5.55. The van der Waals surface area contributed by atoms with Crippen LogP contribution >= 0.6 is 0 Å². The van der Waals surface area contributed by atoms with Crippen LogP contribution in [0.25, 0.3) is 4.85 Å². The van der Waals surface area contributed by atoms with Crippen LogP contribution in [0.1, 0.15) is 401 Å². The van der Waals surface area contributed by atoms with E-state index in [1.54, 1.807) is 20.3 Å². The van der Waals surface area contributed by atoms with E-state index >= 15 is 0 Å². The largest absolute Gasteiger partial charge is 0.469 e. The molecule has 0 bridgehead atoms. The number of hydrogen-bond donors (Lipinski definition) is 0. The molecule has 0 amide bonds. The molecule has 1 saturated carbocycles. The van der Waals surface area contributed by atoms with Gasteiger partial charge in [-0.3, -0.25) is 9.59 Å². The van der Waals surface area contributed by atoms with Crippen molar-refractivity contribution in [2.45, 2.75) is 407 Å². The van der Waals surface area contributed by atoms with Crippen molar-refractivity contribution in [3.05, 3.63) is 107 Å². The number of methoxy groups -OCH3 is 1. The van der Waals surface area contributed by atoms with Crippen LogP contribution < -0.4 is 0 Å². The van der Waals surface area contributed by atoms with Gasteiger partial charge in [-0.15, -0.1) is 0 Å². The van der Waals surface area contributed by atoms with E-state index in [0.29, 0.717) is 49.9 Å². The second-order valence-corrected chi connectivity index (χ2v) is 43.6. The molecule has 1 fully saturated rings. The first-order valence-electron chi connectivity index (χ1n) is 40.2. The molecule has 0 unspecified atom stereocenters. The predicted octanol–water partition coefficient (Wildman–Crippen LogP) is 30.2. The highest BCUT2D eigenvalue weighted by atomic mass is 16.5. The third-order valence-electron chi connectivity index (χ3n) is 13.3. The second kappa shape index (κ2) is 71.2. The lowest BCUT2D eigenvalue weighted by Crippen LogP contribution is -2.22. The lowest BCUT2D eigenvalue weighted by molar-refractivity contribution is -0.193. The van der Waals surface area contributed by atoms with Gasteiger partial charge < -0.3 is 18.7 Å². The number of esters is 1. The number of benzene rings is 2. The van der Waals surface area contributed by atoms with Crippen LogP contribution in [-0.4, -0.2) is 56.1 Å². The fraction of sp³-hybridized carbons (Fsp3) is 0.776. The minimum atomic E-state index is -0.204. The third-order valence-corrected chi connectivity index (χ3v) is 13.3. The van der Waals surface area contributed by atoms with Crippen molar-refractivity contribution in [2.24, 2.45) is 72.4 Å². The van der Waals surface area contributed by atoms with Gasteiger partial charge in [0.1, 0.15) is 11.5 Å². The molecule has 1 aliphatic rings. The number of rotatable bonds is 4. The molecular formula is C98H187NO11. The maximum absolute atomic E-state index is 10.5. The minimum Gasteiger partial charge on any atom is -0.469 e. The Labute approximate surface area is 685 Å². The molecule has 0 aliphatic heterocycles. The van der Waals surface area contributed by atoms with E-state index in [0.717, 1.165) is 48.9 Å². The van der Waals surface area contributed by atoms with Gasteiger partial charge in [-0.1, -0.05) is 391 Å². The molecule has 12 heteroatoms. The van der Waals surface area contributed by atoms with Crippen molar-refractivity contribution in [1.82, 2.24) is 0 Å². The highest BCUT2D eigenvalue weighted by Crippen LogP contribution is 2.37. The Bertz CT molecular complexity index is 2540. The van der Waals surface area contributed by atoms with Crippen molar-refractivity contribution in [2.75, 3.05) is 20.3 Å². The molecule has 2 aromatic carbocycles. The molecule has 0 N–H and O–H groups in total. The molecule has 0 saturated heterocycles. The monoisotopic (exact) mass is 1550 g/mol. The SMILES string of the molecule is CC(=O)C(C)(C)C.CC(=O)OCC(C)(C)C.CC(C)(C)C.CC(C)(C)C.CC(C)(C)C1CCCCC1.CC(C)(C)Cc1ccccc1.CC(C)(C)c1ccccc1.CC(C)(C)c1ccco1.CC(C)C.CC(C)C.CC(C)C(C)(C)C.CCC(C)(C)C.COCCC(C)(C)C.O=C=O.O=C=O.O=C=O.[C-]#[N+]C(C)(C)C. The van der Waals surface area contributed by atoms with Gasteiger partial charge in [-0.25, -0.2) is 6.57 Å². The van der Waals surface area contributed by atoms with Gasteiger partial charge >= 0.3 is 24.4 Å². The Balaban J connectivity index is -0.0000000837. The first-order valence-corrected chi connectivity index (χ1v) is 40.2. The number of hydrogen-bond acceptors (Lipinski definition) is 11. The van der Waals surface area contributed by atoms with E-state index in [1.165, 1.54) is 56.6 Å². The smallest absolute Gasteiger partial charge is 0.373 e. The molecule has 0 atom stereocenters. The van der Waals surface area contributed by atoms with Crippen LogP contribution in [0.3, 0.4) is 0 Å². The van der Waals surface area contributed by atoms with Crippen LogP contribution in [0.15, 0.2) is 83.5 Å². The normalized spacial score (nSPS) is 11.8. The van der Waals surface area contributed by atoms with Gasteiger partial charge in [0.2, 0.25) is 5.54 Å². The maximum Gasteiger partial charge on any atom is 0.373 e. The molecule has 0 radical (unpaired) electrons. The van der Waals surface area contributed by atoms with Crippen molar-refractivity contribution in [3.63, 3.8) is 0 Å². The highest BCUT2D eigenvalue weighted by Gasteiger charge is 2.26. The number of carbonyl (C=O) groups excluding carboxylic acids is 8. The molecule has 12 nitrogen and oxygen atoms in total. The van der Waals surface area contributed by atoms with E-state index in [1.807, 2.05) is 74.4 Å². The highest BCUT2D eigenvalue weighted by molar-refractivity contribution is 5.80. The minimum absolute atomic E-state index is 0.0890. The van der Waals surface area contributed by atoms with E-state index in [9.17, 15) is 9.59 Å². The summed E-state index contributed by atoms with van der Waals surface area (Å²) in [6.07, 6.45) is 13.4. The fourth-order valence-corrected chi connectivity index (χ4v) is 5.55. The maximum atomic E-state index is 10.5. The lowest BCUT2D eigenvalue weighted by Gasteiger charge is -2.33. The number of carbonyl (C=O) groups is 2. The molecule has 1 aromatic heterocycles. The van der Waals surface area contributed by atoms with Gasteiger partial charge in [-0.2, -0.15) is 28.8 Å². The Morgan fingerprint density at radius 2 is 0.773 bits per heavy atom. The van der Waals surface area contributed by atoms with Gasteiger partial charge in [-0.05, 0) is 128 Å². The molecular weight excluding hydrogens is 1370 g/mol. The number of furan rings is 1. The Morgan fingerprint density at radius 1 is 0.482 bits per heavy atom. The van der Waals surface area contributed by atoms with Gasteiger partial charge in [0.25, 0.3) is 0 Å². The Morgan fingerprint density at radius 3 is 0.900 bits per heavy atom. The summed E-state index contributed by atoms with van der Waals surface area (Å²) in [4.78, 5) is 72.8. The third kappa shape index (κ3) is 176. The van der Waals surface area contributed by atoms with Crippen molar-refractivity contribution >= 4 is 30.2 Å². The predicted molar refractivity (Wildman–Crippen MR) is 477 cm³/mol. The summed E-state index contributed by atoms with van der Waals surface area (Å²) in [5.74, 6) is 4.55. The van der Waals surface area contributed by atoms with E-state index in [2.05, 4.69) is 329 Å². The Kier molecular flexibility index (Phi) is 86.6. The van der Waals surface area contributed by atoms with Crippen LogP contribution in [0.5, 0.6) is 0 Å². The number of ether oxygens (including phenoxy) is 2. The van der Waals surface area contributed by atoms with Crippen LogP contribution in [0.2, 0.25) is 0 Å². The van der Waals surface area contributed by atoms with Crippen molar-refractivity contribution in [3.8, 4) is 0 Å². The second-order valence-electron chi connectivity index (χ2n) is 43.6. The molecule has 0 spiro atoms. The summed E-state index contributed by atoms with van der Waals surface area (Å²) >= 11 is 0. The summed E-state index contributed by atoms with van der Waals surface area (Å²) in [5, 5.41) is 0. The van der Waals surface area contributed by atoms with E-state index in [4.69, 9.17) is 49.2 Å². The molecule has 4 rings (SSSR count). The summed E-state index contributed by atoms with van der Waals surface area (Å²) in [6.45, 7) is 113. The van der Waals surface area contributed by atoms with Crippen LogP contribution in [0, 0.1) is 79.0 Å². The Hall–Kier alpha value is -5.55. The molecule has 3 aromatic rings. The first-order chi connectivity index (χ1) is 48.6. The molecule has 1 aliphatic carbocycles. The average Bonchev–Trinajstić information content (AvgIpc) is 1.87. The molecule has 1 heterocycles. The quantitative estimate of drug-likeness (QED) is 0.180. The summed E-state index contributed by atoms with van der Waals surface area (Å²) in [5.41, 5.74) is 6.50. The van der Waals surface area contributed by atoms with E-state index in [-0.39, 0.29) is 52.0 Å². The topological polar surface area (TPSA) is 173 Å². The summed E-state index contributed by atoms with van der Waals surface area (Å²) < 4.78 is 14.9. The van der Waals surface area contributed by atoms with Crippen molar-refractivity contribution in [1.29, 1.82) is 0 Å². The first kappa shape index (κ1) is 134. The van der Waals surface area contributed by atoms with Gasteiger partial charge in [0.15, 0.2) is 0 Å². The van der Waals surface area contributed by atoms with Crippen molar-refractivity contribution < 1.29 is 52.2 Å². The number of Topliss-reactive ketones (excluding diaryl/α,β-unsaturated/α-hetero) is 1. The van der Waals surface area contributed by atoms with Crippen LogP contribution in [-0.2, 0) is 65.1 Å². The van der Waals surface area contributed by atoms with Gasteiger partial charge in [0.05, 0.1) is 12.9 Å². The number of nitrogens with zero attached hydrogens (tertiary/aromatic N) is 1. The molecule has 110 heavy (non-hydrogen) atoms. The summed E-state index contributed by atoms with van der Waals surface area (Å²) in [6, 6.07) is 25.1. The summed E-state index contributed by atoms with van der Waals surface area (Å²) in [7, 11) is 1.74. The van der Waals surface area contributed by atoms with Gasteiger partial charge in [0, 0.05) is 52.2 Å². The van der Waals surface area contributed by atoms with E-state index < -0.39 is 0 Å². The lowest BCUT2D eigenvalue weighted by atomic mass is 9.72. The van der Waals surface area contributed by atoms with Crippen LogP contribution in [0.4, 0.5) is 0 Å². The zero-order chi connectivity index (χ0) is 91.4. The zero-order valence-electron chi connectivity index (χ0n) is 82.3. The number of ketones is 1.